The molecule has 0 saturated carbocycles. The number of nitrogens with one attached hydrogen (secondary N) is 1. The van der Waals surface area contributed by atoms with Crippen LogP contribution in [-0.4, -0.2) is 25.5 Å². The van der Waals surface area contributed by atoms with E-state index in [2.05, 4.69) is 5.32 Å². The summed E-state index contributed by atoms with van der Waals surface area (Å²) in [6.07, 6.45) is 0. The fraction of sp³-hybridized carbons (Fsp3) is 0.333. The summed E-state index contributed by atoms with van der Waals surface area (Å²) < 4.78 is 5.81. The van der Waals surface area contributed by atoms with Crippen molar-refractivity contribution in [1.29, 1.82) is 0 Å². The summed E-state index contributed by atoms with van der Waals surface area (Å²) in [5.41, 5.74) is 3.36. The minimum Gasteiger partial charge on any atom is -0.490 e. The quantitative estimate of drug-likeness (QED) is 0.891. The Hall–Kier alpha value is -2.82. The highest BCUT2D eigenvalue weighted by Gasteiger charge is 2.36. The van der Waals surface area contributed by atoms with Crippen molar-refractivity contribution in [1.82, 2.24) is 0 Å². The van der Waals surface area contributed by atoms with Crippen molar-refractivity contribution in [2.45, 2.75) is 27.7 Å². The van der Waals surface area contributed by atoms with Crippen LogP contribution in [0.25, 0.3) is 0 Å². The molecule has 2 amide bonds. The molecule has 1 aliphatic rings. The normalized spacial score (nSPS) is 15.7. The van der Waals surface area contributed by atoms with Gasteiger partial charge in [0.1, 0.15) is 12.4 Å². The van der Waals surface area contributed by atoms with Gasteiger partial charge in [0.25, 0.3) is 5.91 Å². The Bertz CT molecular complexity index is 867. The molecule has 0 fully saturated rings. The Kier molecular flexibility index (Phi) is 4.48. The number of ether oxygens (including phenoxy) is 1. The maximum atomic E-state index is 12.6. The molecule has 2 aromatic carbocycles. The fourth-order valence-corrected chi connectivity index (χ4v) is 3.17. The smallest absolute Gasteiger partial charge is 0.255 e. The number of hydrogen-bond donors (Lipinski definition) is 1. The lowest BCUT2D eigenvalue weighted by Gasteiger charge is -2.24. The third-order valence-electron chi connectivity index (χ3n) is 4.53. The molecule has 0 aromatic heterocycles. The summed E-state index contributed by atoms with van der Waals surface area (Å²) in [6.45, 7) is 7.97. The van der Waals surface area contributed by atoms with E-state index in [-0.39, 0.29) is 11.8 Å². The number of anilines is 2. The first-order valence-corrected chi connectivity index (χ1v) is 8.62. The van der Waals surface area contributed by atoms with Gasteiger partial charge in [-0.1, -0.05) is 17.2 Å². The molecule has 0 aliphatic carbocycles. The van der Waals surface area contributed by atoms with E-state index in [1.165, 1.54) is 0 Å². The van der Waals surface area contributed by atoms with Crippen molar-refractivity contribution in [2.75, 3.05) is 23.9 Å². The summed E-state index contributed by atoms with van der Waals surface area (Å²) in [6, 6.07) is 11.1. The summed E-state index contributed by atoms with van der Waals surface area (Å²) >= 11 is 0. The average molecular weight is 352 g/mol. The number of rotatable bonds is 2. The van der Waals surface area contributed by atoms with Crippen LogP contribution < -0.4 is 15.0 Å². The second-order valence-electron chi connectivity index (χ2n) is 7.55. The first-order chi connectivity index (χ1) is 12.2. The SMILES string of the molecule is Cc1cc(C)cc(C(=O)Nc2ccc3c(c2)N(C)C(=O)C(C)(C)CO3)c1. The molecule has 136 valence electrons. The predicted octanol–water partition coefficient (Wildman–Crippen LogP) is 3.94. The largest absolute Gasteiger partial charge is 0.490 e. The molecule has 0 radical (unpaired) electrons. The maximum Gasteiger partial charge on any atom is 0.255 e. The van der Waals surface area contributed by atoms with Gasteiger partial charge in [-0.05, 0) is 58.0 Å². The highest BCUT2D eigenvalue weighted by Crippen LogP contribution is 2.37. The fourth-order valence-electron chi connectivity index (χ4n) is 3.17. The van der Waals surface area contributed by atoms with Crippen LogP contribution in [0.4, 0.5) is 11.4 Å². The molecule has 5 nitrogen and oxygen atoms in total. The van der Waals surface area contributed by atoms with Gasteiger partial charge in [0.2, 0.25) is 5.91 Å². The van der Waals surface area contributed by atoms with Gasteiger partial charge in [0.15, 0.2) is 0 Å². The standard InChI is InChI=1S/C21H24N2O3/c1-13-8-14(2)10-15(9-13)19(24)22-16-6-7-18-17(11-16)23(5)20(25)21(3,4)12-26-18/h6-11H,12H2,1-5H3,(H,22,24). The van der Waals surface area contributed by atoms with E-state index in [4.69, 9.17) is 4.74 Å². The summed E-state index contributed by atoms with van der Waals surface area (Å²) in [5, 5.41) is 2.91. The average Bonchev–Trinajstić information content (AvgIpc) is 2.65. The number of amides is 2. The van der Waals surface area contributed by atoms with E-state index >= 15 is 0 Å². The third kappa shape index (κ3) is 3.43. The topological polar surface area (TPSA) is 58.6 Å². The van der Waals surface area contributed by atoms with Crippen molar-refractivity contribution in [3.8, 4) is 5.75 Å². The summed E-state index contributed by atoms with van der Waals surface area (Å²) in [7, 11) is 1.73. The summed E-state index contributed by atoms with van der Waals surface area (Å²) in [5.74, 6) is 0.436. The Labute approximate surface area is 154 Å². The van der Waals surface area contributed by atoms with E-state index < -0.39 is 5.41 Å². The van der Waals surface area contributed by atoms with Crippen molar-refractivity contribution in [3.63, 3.8) is 0 Å². The zero-order valence-corrected chi connectivity index (χ0v) is 15.8. The number of aryl methyl sites for hydroxylation is 2. The lowest BCUT2D eigenvalue weighted by atomic mass is 9.93. The first-order valence-electron chi connectivity index (χ1n) is 8.62. The molecule has 5 heteroatoms. The zero-order chi connectivity index (χ0) is 19.1. The Balaban J connectivity index is 1.89. The van der Waals surface area contributed by atoms with Gasteiger partial charge in [0, 0.05) is 18.3 Å². The molecule has 1 aliphatic heterocycles. The van der Waals surface area contributed by atoms with E-state index in [9.17, 15) is 9.59 Å². The van der Waals surface area contributed by atoms with E-state index in [0.29, 0.717) is 29.3 Å². The van der Waals surface area contributed by atoms with Gasteiger partial charge in [-0.2, -0.15) is 0 Å². The second-order valence-corrected chi connectivity index (χ2v) is 7.55. The number of nitrogens with zero attached hydrogens (tertiary/aromatic N) is 1. The highest BCUT2D eigenvalue weighted by molar-refractivity contribution is 6.05. The summed E-state index contributed by atoms with van der Waals surface area (Å²) in [4.78, 5) is 26.8. The number of fused-ring (bicyclic) bond motifs is 1. The van der Waals surface area contributed by atoms with Gasteiger partial charge >= 0.3 is 0 Å². The van der Waals surface area contributed by atoms with Crippen LogP contribution in [0, 0.1) is 19.3 Å². The van der Waals surface area contributed by atoms with Crippen molar-refractivity contribution in [2.24, 2.45) is 5.41 Å². The predicted molar refractivity (Wildman–Crippen MR) is 103 cm³/mol. The molecule has 26 heavy (non-hydrogen) atoms. The van der Waals surface area contributed by atoms with Gasteiger partial charge < -0.3 is 15.0 Å². The highest BCUT2D eigenvalue weighted by atomic mass is 16.5. The molecule has 0 unspecified atom stereocenters. The van der Waals surface area contributed by atoms with Crippen molar-refractivity contribution < 1.29 is 14.3 Å². The van der Waals surface area contributed by atoms with Crippen LogP contribution in [0.15, 0.2) is 36.4 Å². The number of hydrogen-bond acceptors (Lipinski definition) is 3. The number of carbonyl (C=O) groups is 2. The zero-order valence-electron chi connectivity index (χ0n) is 15.8. The lowest BCUT2D eigenvalue weighted by Crippen LogP contribution is -2.39. The molecule has 0 spiro atoms. The molecule has 2 aromatic rings. The third-order valence-corrected chi connectivity index (χ3v) is 4.53. The van der Waals surface area contributed by atoms with Crippen LogP contribution in [-0.2, 0) is 4.79 Å². The van der Waals surface area contributed by atoms with Gasteiger partial charge in [-0.3, -0.25) is 9.59 Å². The number of benzene rings is 2. The van der Waals surface area contributed by atoms with E-state index in [1.54, 1.807) is 30.1 Å². The molecule has 0 atom stereocenters. The minimum atomic E-state index is -0.601. The molecule has 1 heterocycles. The Morgan fingerprint density at radius 3 is 2.42 bits per heavy atom. The van der Waals surface area contributed by atoms with Crippen LogP contribution in [0.5, 0.6) is 5.75 Å². The van der Waals surface area contributed by atoms with Crippen LogP contribution in [0.3, 0.4) is 0 Å². The van der Waals surface area contributed by atoms with Crippen LogP contribution >= 0.6 is 0 Å². The Morgan fingerprint density at radius 2 is 1.77 bits per heavy atom. The van der Waals surface area contributed by atoms with E-state index in [1.807, 2.05) is 45.9 Å². The molecular weight excluding hydrogens is 328 g/mol. The number of carbonyl (C=O) groups excluding carboxylic acids is 2. The lowest BCUT2D eigenvalue weighted by molar-refractivity contribution is -0.127. The Morgan fingerprint density at radius 1 is 1.12 bits per heavy atom. The van der Waals surface area contributed by atoms with Gasteiger partial charge in [-0.25, -0.2) is 0 Å². The monoisotopic (exact) mass is 352 g/mol. The van der Waals surface area contributed by atoms with Gasteiger partial charge in [-0.15, -0.1) is 0 Å². The molecule has 1 N–H and O–H groups in total. The minimum absolute atomic E-state index is 0.0194. The van der Waals surface area contributed by atoms with Crippen molar-refractivity contribution in [3.05, 3.63) is 53.1 Å². The molecule has 0 bridgehead atoms. The van der Waals surface area contributed by atoms with Crippen LogP contribution in [0.2, 0.25) is 0 Å². The van der Waals surface area contributed by atoms with Crippen LogP contribution in [0.1, 0.15) is 35.3 Å². The van der Waals surface area contributed by atoms with Crippen molar-refractivity contribution >= 4 is 23.2 Å². The molecule has 3 rings (SSSR count). The first kappa shape index (κ1) is 18.0. The molecular formula is C21H24N2O3. The maximum absolute atomic E-state index is 12.6. The second kappa shape index (κ2) is 6.48. The van der Waals surface area contributed by atoms with E-state index in [0.717, 1.165) is 11.1 Å². The van der Waals surface area contributed by atoms with Gasteiger partial charge in [0.05, 0.1) is 11.1 Å². The molecule has 0 saturated heterocycles.